The third-order valence-electron chi connectivity index (χ3n) is 5.43. The number of methoxy groups -OCH3 is 1. The summed E-state index contributed by atoms with van der Waals surface area (Å²) in [5.41, 5.74) is 7.19. The normalized spacial score (nSPS) is 14.2. The number of rotatable bonds is 5. The molecule has 0 spiro atoms. The summed E-state index contributed by atoms with van der Waals surface area (Å²) in [5.74, 6) is 0.581. The van der Waals surface area contributed by atoms with Gasteiger partial charge in [0.1, 0.15) is 0 Å². The third-order valence-corrected chi connectivity index (χ3v) is 6.67. The highest BCUT2D eigenvalue weighted by Gasteiger charge is 2.24. The molecule has 0 radical (unpaired) electrons. The molecule has 0 saturated carbocycles. The van der Waals surface area contributed by atoms with Crippen molar-refractivity contribution in [1.82, 2.24) is 9.29 Å². The lowest BCUT2D eigenvalue weighted by Gasteiger charge is -2.28. The predicted molar refractivity (Wildman–Crippen MR) is 120 cm³/mol. The molecule has 4 rings (SSSR count). The molecule has 30 heavy (non-hydrogen) atoms. The first-order chi connectivity index (χ1) is 14.3. The average molecular weight is 424 g/mol. The van der Waals surface area contributed by atoms with Crippen molar-refractivity contribution in [2.75, 3.05) is 25.2 Å². The Morgan fingerprint density at radius 3 is 2.67 bits per heavy atom. The summed E-state index contributed by atoms with van der Waals surface area (Å²) in [5, 5.41) is 3.52. The number of aryl methyl sites for hydroxylation is 1. The van der Waals surface area contributed by atoms with Gasteiger partial charge in [-0.25, -0.2) is 13.4 Å². The van der Waals surface area contributed by atoms with Crippen LogP contribution in [0.5, 0.6) is 5.88 Å². The fourth-order valence-electron chi connectivity index (χ4n) is 3.79. The average Bonchev–Trinajstić information content (AvgIpc) is 2.74. The van der Waals surface area contributed by atoms with Crippen molar-refractivity contribution in [3.8, 4) is 17.1 Å². The summed E-state index contributed by atoms with van der Waals surface area (Å²) >= 11 is 0. The molecule has 2 aromatic carbocycles. The Morgan fingerprint density at radius 2 is 1.90 bits per heavy atom. The Morgan fingerprint density at radius 1 is 1.10 bits per heavy atom. The van der Waals surface area contributed by atoms with E-state index in [-0.39, 0.29) is 0 Å². The Labute approximate surface area is 177 Å². The Balaban J connectivity index is 1.65. The van der Waals surface area contributed by atoms with Gasteiger partial charge in [0.2, 0.25) is 15.9 Å². The summed E-state index contributed by atoms with van der Waals surface area (Å²) in [6.07, 6.45) is 1.95. The second-order valence-corrected chi connectivity index (χ2v) is 9.49. The molecule has 0 unspecified atom stereocenters. The summed E-state index contributed by atoms with van der Waals surface area (Å²) in [4.78, 5) is 4.56. The topological polar surface area (TPSA) is 71.5 Å². The van der Waals surface area contributed by atoms with Gasteiger partial charge in [0, 0.05) is 36.1 Å². The second kappa shape index (κ2) is 8.08. The Bertz CT molecular complexity index is 1190. The van der Waals surface area contributed by atoms with Gasteiger partial charge in [-0.05, 0) is 54.3 Å². The molecule has 0 fully saturated rings. The maximum absolute atomic E-state index is 11.9. The zero-order valence-electron chi connectivity index (χ0n) is 17.3. The fraction of sp³-hybridized carbons (Fsp3) is 0.261. The summed E-state index contributed by atoms with van der Waals surface area (Å²) < 4.78 is 30.6. The molecule has 0 amide bonds. The van der Waals surface area contributed by atoms with Crippen LogP contribution in [0.2, 0.25) is 0 Å². The highest BCUT2D eigenvalue weighted by atomic mass is 32.2. The van der Waals surface area contributed by atoms with Crippen LogP contribution in [0.15, 0.2) is 54.6 Å². The van der Waals surface area contributed by atoms with E-state index >= 15 is 0 Å². The number of fused-ring (bicyclic) bond motifs is 1. The van der Waals surface area contributed by atoms with Crippen molar-refractivity contribution in [3.63, 3.8) is 0 Å². The van der Waals surface area contributed by atoms with Crippen LogP contribution in [-0.2, 0) is 23.0 Å². The molecule has 1 aliphatic rings. The quantitative estimate of drug-likeness (QED) is 0.668. The van der Waals surface area contributed by atoms with Crippen LogP contribution < -0.4 is 10.1 Å². The van der Waals surface area contributed by atoms with E-state index in [1.807, 2.05) is 42.5 Å². The number of nitrogens with one attached hydrogen (secondary N) is 1. The van der Waals surface area contributed by atoms with Gasteiger partial charge in [0.05, 0.1) is 19.1 Å². The number of aromatic nitrogens is 1. The number of nitrogens with zero attached hydrogens (tertiary/aromatic N) is 2. The van der Waals surface area contributed by atoms with Crippen molar-refractivity contribution in [2.45, 2.75) is 19.9 Å². The van der Waals surface area contributed by atoms with Gasteiger partial charge < -0.3 is 10.1 Å². The number of hydrogen-bond acceptors (Lipinski definition) is 5. The largest absolute Gasteiger partial charge is 0.481 e. The minimum Gasteiger partial charge on any atom is -0.481 e. The van der Waals surface area contributed by atoms with Gasteiger partial charge in [-0.1, -0.05) is 24.3 Å². The van der Waals surface area contributed by atoms with Crippen molar-refractivity contribution >= 4 is 21.4 Å². The van der Waals surface area contributed by atoms with Crippen LogP contribution >= 0.6 is 0 Å². The highest BCUT2D eigenvalue weighted by molar-refractivity contribution is 7.88. The van der Waals surface area contributed by atoms with E-state index in [0.717, 1.165) is 33.8 Å². The van der Waals surface area contributed by atoms with Gasteiger partial charge in [-0.3, -0.25) is 0 Å². The monoisotopic (exact) mass is 423 g/mol. The lowest BCUT2D eigenvalue weighted by molar-refractivity contribution is 0.395. The zero-order chi connectivity index (χ0) is 21.3. The van der Waals surface area contributed by atoms with Crippen LogP contribution in [0.3, 0.4) is 0 Å². The smallest absolute Gasteiger partial charge is 0.213 e. The molecule has 0 bridgehead atoms. The minimum atomic E-state index is -3.19. The first kappa shape index (κ1) is 20.4. The van der Waals surface area contributed by atoms with E-state index in [4.69, 9.17) is 4.74 Å². The zero-order valence-corrected chi connectivity index (χ0v) is 18.2. The van der Waals surface area contributed by atoms with E-state index in [9.17, 15) is 8.42 Å². The second-order valence-electron chi connectivity index (χ2n) is 7.51. The van der Waals surface area contributed by atoms with E-state index in [1.54, 1.807) is 7.11 Å². The third kappa shape index (κ3) is 4.17. The van der Waals surface area contributed by atoms with Gasteiger partial charge >= 0.3 is 0 Å². The summed E-state index contributed by atoms with van der Waals surface area (Å²) in [6.45, 7) is 2.97. The summed E-state index contributed by atoms with van der Waals surface area (Å²) in [7, 11) is -1.58. The van der Waals surface area contributed by atoms with Crippen molar-refractivity contribution in [1.29, 1.82) is 0 Å². The molecule has 1 aliphatic heterocycles. The number of sulfonamides is 1. The molecule has 1 N–H and O–H groups in total. The van der Waals surface area contributed by atoms with Crippen LogP contribution in [0, 0.1) is 6.92 Å². The minimum absolute atomic E-state index is 0.413. The standard InChI is InChI=1S/C23H25N3O3S/c1-16-10-11-18(14-20(16)22-8-5-9-23(25-22)29-2)24-21-7-4-6-17-15-26(30(3,27)28)13-12-19(17)21/h4-11,14,24H,12-13,15H2,1-3H3. The van der Waals surface area contributed by atoms with E-state index < -0.39 is 10.0 Å². The molecule has 1 aromatic heterocycles. The van der Waals surface area contributed by atoms with Crippen LogP contribution in [0.25, 0.3) is 11.3 Å². The molecule has 2 heterocycles. The van der Waals surface area contributed by atoms with Gasteiger partial charge in [0.15, 0.2) is 0 Å². The summed E-state index contributed by atoms with van der Waals surface area (Å²) in [6, 6.07) is 17.9. The molecular formula is C23H25N3O3S. The predicted octanol–water partition coefficient (Wildman–Crippen LogP) is 4.13. The van der Waals surface area contributed by atoms with Crippen molar-refractivity contribution in [3.05, 3.63) is 71.3 Å². The molecule has 6 nitrogen and oxygen atoms in total. The molecule has 0 saturated heterocycles. The first-order valence-electron chi connectivity index (χ1n) is 9.80. The molecule has 0 aliphatic carbocycles. The van der Waals surface area contributed by atoms with Crippen LogP contribution in [-0.4, -0.2) is 37.6 Å². The molecule has 7 heteroatoms. The molecular weight excluding hydrogens is 398 g/mol. The number of anilines is 2. The molecule has 0 atom stereocenters. The lowest BCUT2D eigenvalue weighted by Crippen LogP contribution is -2.35. The van der Waals surface area contributed by atoms with Crippen molar-refractivity contribution in [2.24, 2.45) is 0 Å². The number of pyridine rings is 1. The maximum atomic E-state index is 11.9. The molecule has 156 valence electrons. The highest BCUT2D eigenvalue weighted by Crippen LogP contribution is 2.32. The van der Waals surface area contributed by atoms with E-state index in [1.165, 1.54) is 16.1 Å². The van der Waals surface area contributed by atoms with E-state index in [0.29, 0.717) is 25.4 Å². The Hall–Kier alpha value is -2.90. The maximum Gasteiger partial charge on any atom is 0.213 e. The molecule has 3 aromatic rings. The number of ether oxygens (including phenoxy) is 1. The SMILES string of the molecule is COc1cccc(-c2cc(Nc3cccc4c3CCN(S(C)(=O)=O)C4)ccc2C)n1. The fourth-order valence-corrected chi connectivity index (χ4v) is 4.59. The Kier molecular flexibility index (Phi) is 5.49. The van der Waals surface area contributed by atoms with Crippen LogP contribution in [0.4, 0.5) is 11.4 Å². The lowest BCUT2D eigenvalue weighted by atomic mass is 9.98. The first-order valence-corrected chi connectivity index (χ1v) is 11.6. The van der Waals surface area contributed by atoms with Crippen LogP contribution in [0.1, 0.15) is 16.7 Å². The van der Waals surface area contributed by atoms with Gasteiger partial charge in [-0.2, -0.15) is 4.31 Å². The van der Waals surface area contributed by atoms with Crippen molar-refractivity contribution < 1.29 is 13.2 Å². The number of hydrogen-bond donors (Lipinski definition) is 1. The number of benzene rings is 2. The van der Waals surface area contributed by atoms with Gasteiger partial charge in [0.25, 0.3) is 0 Å². The van der Waals surface area contributed by atoms with Gasteiger partial charge in [-0.15, -0.1) is 0 Å². The van der Waals surface area contributed by atoms with E-state index in [2.05, 4.69) is 29.4 Å².